The first-order valence-electron chi connectivity index (χ1n) is 9.81. The molecule has 1 amide bonds. The van der Waals surface area contributed by atoms with Crippen LogP contribution in [0.3, 0.4) is 0 Å². The van der Waals surface area contributed by atoms with E-state index in [2.05, 4.69) is 20.9 Å². The molecular formula is C24H18BrFN2O2. The van der Waals surface area contributed by atoms with E-state index < -0.39 is 0 Å². The summed E-state index contributed by atoms with van der Waals surface area (Å²) in [4.78, 5) is 19.6. The predicted octanol–water partition coefficient (Wildman–Crippen LogP) is 6.37. The van der Waals surface area contributed by atoms with Gasteiger partial charge in [0.15, 0.2) is 5.58 Å². The van der Waals surface area contributed by atoms with Crippen LogP contribution in [0.1, 0.15) is 35.1 Å². The number of carbonyl (C=O) groups is 1. The Morgan fingerprint density at radius 2 is 1.90 bits per heavy atom. The number of hydrogen-bond acceptors (Lipinski definition) is 3. The zero-order valence-electron chi connectivity index (χ0n) is 16.0. The summed E-state index contributed by atoms with van der Waals surface area (Å²) >= 11 is 3.43. The van der Waals surface area contributed by atoms with E-state index in [4.69, 9.17) is 4.42 Å². The lowest BCUT2D eigenvalue weighted by Gasteiger charge is -2.22. The molecular weight excluding hydrogens is 447 g/mol. The highest BCUT2D eigenvalue weighted by Gasteiger charge is 2.34. The molecule has 2 heterocycles. The minimum Gasteiger partial charge on any atom is -0.438 e. The Hall–Kier alpha value is -2.99. The topological polar surface area (TPSA) is 46.3 Å². The molecule has 0 aliphatic carbocycles. The van der Waals surface area contributed by atoms with Crippen molar-refractivity contribution < 1.29 is 13.6 Å². The van der Waals surface area contributed by atoms with Gasteiger partial charge in [0.05, 0.1) is 0 Å². The standard InChI is InChI=1S/C24H18BrFN2O2/c25-18-6-1-5-17(12-18)24(29)28-11-3-8-21(28)23-27-20-14-16(9-10-22(20)30-23)15-4-2-7-19(26)13-15/h1-2,4-7,9-10,12-14,21H,3,8,11H2/t21-/m0/s1. The van der Waals surface area contributed by atoms with Crippen LogP contribution in [0.25, 0.3) is 22.2 Å². The number of likely N-dealkylation sites (tertiary alicyclic amines) is 1. The summed E-state index contributed by atoms with van der Waals surface area (Å²) < 4.78 is 20.5. The van der Waals surface area contributed by atoms with Gasteiger partial charge in [-0.1, -0.05) is 40.2 Å². The fourth-order valence-electron chi connectivity index (χ4n) is 3.99. The van der Waals surface area contributed by atoms with E-state index in [1.165, 1.54) is 12.1 Å². The number of halogens is 2. The van der Waals surface area contributed by atoms with Crippen LogP contribution in [0.15, 0.2) is 75.6 Å². The molecule has 5 rings (SSSR count). The van der Waals surface area contributed by atoms with Crippen molar-refractivity contribution in [3.05, 3.63) is 88.5 Å². The van der Waals surface area contributed by atoms with Crippen molar-refractivity contribution in [2.75, 3.05) is 6.54 Å². The lowest BCUT2D eigenvalue weighted by Crippen LogP contribution is -2.30. The third-order valence-electron chi connectivity index (χ3n) is 5.43. The zero-order chi connectivity index (χ0) is 20.7. The molecule has 0 N–H and O–H groups in total. The number of amides is 1. The summed E-state index contributed by atoms with van der Waals surface area (Å²) in [7, 11) is 0. The van der Waals surface area contributed by atoms with Crippen molar-refractivity contribution >= 4 is 32.9 Å². The molecule has 3 aromatic carbocycles. The van der Waals surface area contributed by atoms with Crippen LogP contribution in [-0.4, -0.2) is 22.3 Å². The van der Waals surface area contributed by atoms with E-state index >= 15 is 0 Å². The molecule has 150 valence electrons. The second-order valence-corrected chi connectivity index (χ2v) is 8.33. The minimum absolute atomic E-state index is 0.0264. The first-order valence-corrected chi connectivity index (χ1v) is 10.6. The highest BCUT2D eigenvalue weighted by atomic mass is 79.9. The molecule has 1 atom stereocenters. The second-order valence-electron chi connectivity index (χ2n) is 7.41. The summed E-state index contributed by atoms with van der Waals surface area (Å²) in [6.45, 7) is 0.670. The number of hydrogen-bond donors (Lipinski definition) is 0. The molecule has 0 radical (unpaired) electrons. The van der Waals surface area contributed by atoms with Crippen LogP contribution >= 0.6 is 15.9 Å². The van der Waals surface area contributed by atoms with Gasteiger partial charge in [-0.05, 0) is 66.4 Å². The van der Waals surface area contributed by atoms with Crippen LogP contribution in [0.4, 0.5) is 4.39 Å². The highest BCUT2D eigenvalue weighted by Crippen LogP contribution is 2.35. The Labute approximate surface area is 181 Å². The fourth-order valence-corrected chi connectivity index (χ4v) is 4.39. The quantitative estimate of drug-likeness (QED) is 0.353. The van der Waals surface area contributed by atoms with Crippen molar-refractivity contribution in [1.82, 2.24) is 9.88 Å². The van der Waals surface area contributed by atoms with E-state index in [-0.39, 0.29) is 17.8 Å². The van der Waals surface area contributed by atoms with Crippen LogP contribution in [0.5, 0.6) is 0 Å². The molecule has 0 saturated carbocycles. The van der Waals surface area contributed by atoms with Gasteiger partial charge in [0.2, 0.25) is 5.89 Å². The minimum atomic E-state index is -0.277. The third-order valence-corrected chi connectivity index (χ3v) is 5.93. The normalized spacial score (nSPS) is 16.3. The molecule has 4 nitrogen and oxygen atoms in total. The number of benzene rings is 3. The van der Waals surface area contributed by atoms with Gasteiger partial charge in [-0.15, -0.1) is 0 Å². The molecule has 0 spiro atoms. The molecule has 4 aromatic rings. The van der Waals surface area contributed by atoms with Gasteiger partial charge < -0.3 is 9.32 Å². The maximum Gasteiger partial charge on any atom is 0.254 e. The van der Waals surface area contributed by atoms with E-state index in [0.29, 0.717) is 29.1 Å². The maximum absolute atomic E-state index is 13.6. The lowest BCUT2D eigenvalue weighted by molar-refractivity contribution is 0.0717. The van der Waals surface area contributed by atoms with E-state index in [9.17, 15) is 9.18 Å². The molecule has 1 saturated heterocycles. The average Bonchev–Trinajstić information content (AvgIpc) is 3.39. The van der Waals surface area contributed by atoms with E-state index in [0.717, 1.165) is 28.4 Å². The Morgan fingerprint density at radius 1 is 1.07 bits per heavy atom. The molecule has 6 heteroatoms. The largest absolute Gasteiger partial charge is 0.438 e. The van der Waals surface area contributed by atoms with E-state index in [1.54, 1.807) is 6.07 Å². The van der Waals surface area contributed by atoms with Gasteiger partial charge in [0.1, 0.15) is 17.4 Å². The number of rotatable bonds is 3. The van der Waals surface area contributed by atoms with Crippen molar-refractivity contribution in [3.63, 3.8) is 0 Å². The highest BCUT2D eigenvalue weighted by molar-refractivity contribution is 9.10. The van der Waals surface area contributed by atoms with Crippen molar-refractivity contribution in [3.8, 4) is 11.1 Å². The number of aromatic nitrogens is 1. The Kier molecular flexibility index (Phi) is 4.87. The van der Waals surface area contributed by atoms with Crippen LogP contribution in [0.2, 0.25) is 0 Å². The van der Waals surface area contributed by atoms with E-state index in [1.807, 2.05) is 53.4 Å². The number of fused-ring (bicyclic) bond motifs is 1. The first-order chi connectivity index (χ1) is 14.6. The monoisotopic (exact) mass is 464 g/mol. The third kappa shape index (κ3) is 3.52. The molecule has 1 fully saturated rings. The summed E-state index contributed by atoms with van der Waals surface area (Å²) in [5.41, 5.74) is 3.66. The molecule has 0 unspecified atom stereocenters. The van der Waals surface area contributed by atoms with Crippen molar-refractivity contribution in [1.29, 1.82) is 0 Å². The summed E-state index contributed by atoms with van der Waals surface area (Å²) in [5.74, 6) is 0.241. The Bertz CT molecular complexity index is 1250. The van der Waals surface area contributed by atoms with Crippen LogP contribution in [0, 0.1) is 5.82 Å². The maximum atomic E-state index is 13.6. The molecule has 1 aliphatic heterocycles. The van der Waals surface area contributed by atoms with Crippen molar-refractivity contribution in [2.45, 2.75) is 18.9 Å². The molecule has 1 aromatic heterocycles. The predicted molar refractivity (Wildman–Crippen MR) is 117 cm³/mol. The Morgan fingerprint density at radius 3 is 2.73 bits per heavy atom. The lowest BCUT2D eigenvalue weighted by atomic mass is 10.1. The van der Waals surface area contributed by atoms with Gasteiger partial charge in [-0.3, -0.25) is 4.79 Å². The van der Waals surface area contributed by atoms with Gasteiger partial charge in [-0.2, -0.15) is 0 Å². The fraction of sp³-hybridized carbons (Fsp3) is 0.167. The summed E-state index contributed by atoms with van der Waals surface area (Å²) in [5, 5.41) is 0. The first kappa shape index (κ1) is 19.0. The van der Waals surface area contributed by atoms with Gasteiger partial charge in [-0.25, -0.2) is 9.37 Å². The number of oxazole rings is 1. The van der Waals surface area contributed by atoms with Gasteiger partial charge >= 0.3 is 0 Å². The molecule has 30 heavy (non-hydrogen) atoms. The Balaban J connectivity index is 1.47. The molecule has 0 bridgehead atoms. The van der Waals surface area contributed by atoms with Crippen LogP contribution in [-0.2, 0) is 0 Å². The number of nitrogens with zero attached hydrogens (tertiary/aromatic N) is 2. The smallest absolute Gasteiger partial charge is 0.254 e. The van der Waals surface area contributed by atoms with Crippen LogP contribution < -0.4 is 0 Å². The average molecular weight is 465 g/mol. The van der Waals surface area contributed by atoms with Gasteiger partial charge in [0, 0.05) is 16.6 Å². The zero-order valence-corrected chi connectivity index (χ0v) is 17.6. The second kappa shape index (κ2) is 7.69. The number of carbonyl (C=O) groups excluding carboxylic acids is 1. The summed E-state index contributed by atoms with van der Waals surface area (Å²) in [6, 6.07) is 19.3. The SMILES string of the molecule is O=C(c1cccc(Br)c1)N1CCC[C@H]1c1nc2cc(-c3cccc(F)c3)ccc2o1. The summed E-state index contributed by atoms with van der Waals surface area (Å²) in [6.07, 6.45) is 1.71. The van der Waals surface area contributed by atoms with Gasteiger partial charge in [0.25, 0.3) is 5.91 Å². The van der Waals surface area contributed by atoms with Crippen molar-refractivity contribution in [2.24, 2.45) is 0 Å². The molecule has 1 aliphatic rings.